The molecule has 2 heteroatoms. The van der Waals surface area contributed by atoms with E-state index in [1.54, 1.807) is 0 Å². The monoisotopic (exact) mass is 227 g/mol. The lowest BCUT2D eigenvalue weighted by molar-refractivity contribution is 0.652. The Morgan fingerprint density at radius 1 is 1.33 bits per heavy atom. The highest BCUT2D eigenvalue weighted by molar-refractivity contribution is 6.31. The van der Waals surface area contributed by atoms with E-state index in [0.29, 0.717) is 6.04 Å². The number of nitrogens with one attached hydrogen (secondary N) is 1. The molecule has 86 valence electrons. The van der Waals surface area contributed by atoms with Gasteiger partial charge < -0.3 is 5.32 Å². The van der Waals surface area contributed by atoms with E-state index in [9.17, 15) is 0 Å². The summed E-state index contributed by atoms with van der Waals surface area (Å²) in [5, 5.41) is 4.04. The van der Waals surface area contributed by atoms with E-state index < -0.39 is 0 Å². The molecule has 0 aliphatic rings. The van der Waals surface area contributed by atoms with E-state index in [2.05, 4.69) is 31.3 Å². The van der Waals surface area contributed by atoms with Gasteiger partial charge in [0.1, 0.15) is 0 Å². The number of halogens is 1. The Hall–Kier alpha value is -0.530. The van der Waals surface area contributed by atoms with E-state index in [0.717, 1.165) is 11.4 Å². The number of hydrogen-bond acceptors (Lipinski definition) is 1. The number of rotatable bonds is 3. The molecule has 0 aliphatic heterocycles. The first-order valence-electron chi connectivity index (χ1n) is 5.64. The normalized spacial score (nSPS) is 11.6. The maximum absolute atomic E-state index is 6.14. The Balaban J connectivity index is 0.000000921. The third kappa shape index (κ3) is 4.23. The molecule has 1 nitrogen and oxygen atoms in total. The summed E-state index contributed by atoms with van der Waals surface area (Å²) < 4.78 is 0. The molecule has 0 amide bonds. The molecule has 1 N–H and O–H groups in total. The van der Waals surface area contributed by atoms with Crippen LogP contribution in [0.2, 0.25) is 5.02 Å². The number of aryl methyl sites for hydroxylation is 1. The second-order valence-electron chi connectivity index (χ2n) is 3.22. The van der Waals surface area contributed by atoms with Crippen molar-refractivity contribution in [3.63, 3.8) is 0 Å². The molecule has 0 radical (unpaired) electrons. The van der Waals surface area contributed by atoms with Gasteiger partial charge in [0.2, 0.25) is 0 Å². The van der Waals surface area contributed by atoms with Gasteiger partial charge in [0.15, 0.2) is 0 Å². The fraction of sp³-hybridized carbons (Fsp3) is 0.538. The summed E-state index contributed by atoms with van der Waals surface area (Å²) in [7, 11) is 1.94. The van der Waals surface area contributed by atoms with Crippen LogP contribution in [-0.2, 0) is 6.42 Å². The van der Waals surface area contributed by atoms with Crippen LogP contribution < -0.4 is 5.32 Å². The standard InChI is InChI=1S/C11H16ClN.C2H6/c1-4-9-5-6-10(8(2)13-3)11(12)7-9;1-2/h5-8,13H,4H2,1-3H3;1-2H3/t8-;/m0./s1. The van der Waals surface area contributed by atoms with Gasteiger partial charge in [-0.2, -0.15) is 0 Å². The SMILES string of the molecule is CC.CCc1ccc([C@H](C)NC)c(Cl)c1. The highest BCUT2D eigenvalue weighted by Gasteiger charge is 2.06. The lowest BCUT2D eigenvalue weighted by Gasteiger charge is -2.13. The van der Waals surface area contributed by atoms with Gasteiger partial charge in [-0.25, -0.2) is 0 Å². The second kappa shape index (κ2) is 7.72. The summed E-state index contributed by atoms with van der Waals surface area (Å²) >= 11 is 6.14. The quantitative estimate of drug-likeness (QED) is 0.816. The molecular formula is C13H22ClN. The third-order valence-corrected chi connectivity index (χ3v) is 2.70. The fourth-order valence-corrected chi connectivity index (χ4v) is 1.66. The lowest BCUT2D eigenvalue weighted by atomic mass is 10.1. The van der Waals surface area contributed by atoms with Gasteiger partial charge >= 0.3 is 0 Å². The molecule has 0 saturated heterocycles. The molecule has 1 rings (SSSR count). The maximum Gasteiger partial charge on any atom is 0.0456 e. The topological polar surface area (TPSA) is 12.0 Å². The minimum Gasteiger partial charge on any atom is -0.313 e. The zero-order valence-corrected chi connectivity index (χ0v) is 11.2. The Bertz CT molecular complexity index is 284. The predicted molar refractivity (Wildman–Crippen MR) is 69.7 cm³/mol. The van der Waals surface area contributed by atoms with E-state index in [-0.39, 0.29) is 0 Å². The maximum atomic E-state index is 6.14. The molecule has 0 spiro atoms. The van der Waals surface area contributed by atoms with Crippen molar-refractivity contribution in [1.82, 2.24) is 5.32 Å². The van der Waals surface area contributed by atoms with Crippen LogP contribution in [0.3, 0.4) is 0 Å². The van der Waals surface area contributed by atoms with Gasteiger partial charge in [-0.05, 0) is 37.6 Å². The first kappa shape index (κ1) is 14.5. The van der Waals surface area contributed by atoms with Gasteiger partial charge in [0.05, 0.1) is 0 Å². The number of benzene rings is 1. The van der Waals surface area contributed by atoms with Crippen molar-refractivity contribution < 1.29 is 0 Å². The Morgan fingerprint density at radius 2 is 1.93 bits per heavy atom. The summed E-state index contributed by atoms with van der Waals surface area (Å²) in [4.78, 5) is 0. The fourth-order valence-electron chi connectivity index (χ4n) is 1.30. The van der Waals surface area contributed by atoms with Crippen molar-refractivity contribution in [3.05, 3.63) is 34.3 Å². The van der Waals surface area contributed by atoms with Crippen LogP contribution in [0.15, 0.2) is 18.2 Å². The van der Waals surface area contributed by atoms with Crippen molar-refractivity contribution in [2.45, 2.75) is 40.2 Å². The van der Waals surface area contributed by atoms with Gasteiger partial charge in [0.25, 0.3) is 0 Å². The molecule has 15 heavy (non-hydrogen) atoms. The van der Waals surface area contributed by atoms with Crippen LogP contribution in [-0.4, -0.2) is 7.05 Å². The Labute approximate surface area is 98.8 Å². The van der Waals surface area contributed by atoms with Gasteiger partial charge in [-0.15, -0.1) is 0 Å². The van der Waals surface area contributed by atoms with Crippen LogP contribution >= 0.6 is 11.6 Å². The summed E-state index contributed by atoms with van der Waals surface area (Å²) in [6, 6.07) is 6.60. The van der Waals surface area contributed by atoms with Crippen molar-refractivity contribution >= 4 is 11.6 Å². The molecule has 1 aromatic carbocycles. The molecule has 1 aromatic rings. The van der Waals surface area contributed by atoms with Crippen molar-refractivity contribution in [1.29, 1.82) is 0 Å². The van der Waals surface area contributed by atoms with Crippen LogP contribution in [0.1, 0.15) is 44.9 Å². The molecule has 0 heterocycles. The van der Waals surface area contributed by atoms with E-state index >= 15 is 0 Å². The molecule has 0 bridgehead atoms. The van der Waals surface area contributed by atoms with E-state index in [1.165, 1.54) is 11.1 Å². The van der Waals surface area contributed by atoms with Gasteiger partial charge in [-0.1, -0.05) is 44.5 Å². The van der Waals surface area contributed by atoms with Crippen LogP contribution in [0, 0.1) is 0 Å². The summed E-state index contributed by atoms with van der Waals surface area (Å²) in [6.07, 6.45) is 1.04. The van der Waals surface area contributed by atoms with Crippen LogP contribution in [0.25, 0.3) is 0 Å². The first-order chi connectivity index (χ1) is 7.19. The largest absolute Gasteiger partial charge is 0.313 e. The summed E-state index contributed by atoms with van der Waals surface area (Å²) in [6.45, 7) is 8.24. The third-order valence-electron chi connectivity index (χ3n) is 2.37. The van der Waals surface area contributed by atoms with Crippen molar-refractivity contribution in [2.75, 3.05) is 7.05 Å². The average Bonchev–Trinajstić information content (AvgIpc) is 2.30. The molecule has 0 fully saturated rings. The average molecular weight is 228 g/mol. The van der Waals surface area contributed by atoms with Crippen LogP contribution in [0.5, 0.6) is 0 Å². The van der Waals surface area contributed by atoms with Gasteiger partial charge in [0, 0.05) is 11.1 Å². The minimum absolute atomic E-state index is 0.318. The summed E-state index contributed by atoms with van der Waals surface area (Å²) in [5.41, 5.74) is 2.46. The van der Waals surface area contributed by atoms with Crippen molar-refractivity contribution in [2.24, 2.45) is 0 Å². The van der Waals surface area contributed by atoms with Crippen molar-refractivity contribution in [3.8, 4) is 0 Å². The molecular weight excluding hydrogens is 206 g/mol. The second-order valence-corrected chi connectivity index (χ2v) is 3.63. The predicted octanol–water partition coefficient (Wildman–Crippen LogP) is 4.21. The first-order valence-corrected chi connectivity index (χ1v) is 6.02. The minimum atomic E-state index is 0.318. The molecule has 0 unspecified atom stereocenters. The molecule has 0 saturated carbocycles. The zero-order valence-electron chi connectivity index (χ0n) is 10.4. The zero-order chi connectivity index (χ0) is 11.8. The molecule has 0 aromatic heterocycles. The lowest BCUT2D eigenvalue weighted by Crippen LogP contribution is -2.12. The smallest absolute Gasteiger partial charge is 0.0456 e. The molecule has 1 atom stereocenters. The number of hydrogen-bond donors (Lipinski definition) is 1. The summed E-state index contributed by atoms with van der Waals surface area (Å²) in [5.74, 6) is 0. The Kier molecular flexibility index (Phi) is 7.45. The van der Waals surface area contributed by atoms with Crippen LogP contribution in [0.4, 0.5) is 0 Å². The highest BCUT2D eigenvalue weighted by atomic mass is 35.5. The highest BCUT2D eigenvalue weighted by Crippen LogP contribution is 2.23. The van der Waals surface area contributed by atoms with E-state index in [4.69, 9.17) is 11.6 Å². The molecule has 0 aliphatic carbocycles. The van der Waals surface area contributed by atoms with E-state index in [1.807, 2.05) is 27.0 Å². The van der Waals surface area contributed by atoms with Gasteiger partial charge in [-0.3, -0.25) is 0 Å². The Morgan fingerprint density at radius 3 is 2.33 bits per heavy atom.